The minimum Gasteiger partial charge on any atom is -0.493 e. The van der Waals surface area contributed by atoms with Gasteiger partial charge in [0.15, 0.2) is 17.4 Å². The minimum absolute atomic E-state index is 0.157. The number of carbonyl (C=O) groups is 2. The van der Waals surface area contributed by atoms with Crippen molar-refractivity contribution in [2.75, 3.05) is 54.2 Å². The number of ether oxygens (including phenoxy) is 5. The molecule has 1 N–H and O–H groups in total. The molecule has 2 aliphatic rings. The molecule has 0 saturated carbocycles. The summed E-state index contributed by atoms with van der Waals surface area (Å²) in [7, 11) is 4.50. The molecule has 0 spiro atoms. The Morgan fingerprint density at radius 1 is 1.17 bits per heavy atom. The lowest BCUT2D eigenvalue weighted by Gasteiger charge is -2.35. The predicted octanol–water partition coefficient (Wildman–Crippen LogP) is 0.751. The van der Waals surface area contributed by atoms with Crippen LogP contribution in [0.2, 0.25) is 0 Å². The van der Waals surface area contributed by atoms with Gasteiger partial charge in [-0.25, -0.2) is 4.99 Å². The van der Waals surface area contributed by atoms with Gasteiger partial charge >= 0.3 is 5.97 Å². The fourth-order valence-electron chi connectivity index (χ4n) is 3.51. The number of esters is 1. The first-order valence-electron chi connectivity index (χ1n) is 9.71. The van der Waals surface area contributed by atoms with Crippen LogP contribution in [0.15, 0.2) is 17.1 Å². The van der Waals surface area contributed by atoms with E-state index in [4.69, 9.17) is 28.7 Å². The number of nitrogens with zero attached hydrogens (tertiary/aromatic N) is 2. The van der Waals surface area contributed by atoms with E-state index in [1.165, 1.54) is 21.3 Å². The molecule has 0 bridgehead atoms. The molecule has 1 aromatic rings. The topological polar surface area (TPSA) is 108 Å². The lowest BCUT2D eigenvalue weighted by atomic mass is 9.91. The van der Waals surface area contributed by atoms with Gasteiger partial charge in [-0.05, 0) is 24.6 Å². The number of benzene rings is 1. The van der Waals surface area contributed by atoms with Gasteiger partial charge in [-0.15, -0.1) is 0 Å². The molecule has 2 atom stereocenters. The Bertz CT molecular complexity index is 796. The largest absolute Gasteiger partial charge is 0.493 e. The number of guanidine groups is 1. The van der Waals surface area contributed by atoms with Crippen LogP contribution in [0.4, 0.5) is 0 Å². The van der Waals surface area contributed by atoms with Crippen molar-refractivity contribution < 1.29 is 33.3 Å². The van der Waals surface area contributed by atoms with Gasteiger partial charge in [-0.2, -0.15) is 0 Å². The van der Waals surface area contributed by atoms with Crippen molar-refractivity contribution in [1.82, 2.24) is 10.2 Å². The zero-order valence-electron chi connectivity index (χ0n) is 17.6. The van der Waals surface area contributed by atoms with Gasteiger partial charge in [-0.3, -0.25) is 14.9 Å². The highest BCUT2D eigenvalue weighted by atomic mass is 16.5. The Hall–Kier alpha value is -3.01. The SMILES string of the molecule is CCOC(=O)[C@@H]1C(=O)NC(N2CCOCC2)=N[C@H]1c1cc(OC)c(OC)c(OC)c1. The molecule has 0 aliphatic carbocycles. The second-order valence-electron chi connectivity index (χ2n) is 6.67. The number of carbonyl (C=O) groups excluding carboxylic acids is 2. The quantitative estimate of drug-likeness (QED) is 0.530. The van der Waals surface area contributed by atoms with Crippen molar-refractivity contribution in [3.63, 3.8) is 0 Å². The molecule has 1 saturated heterocycles. The van der Waals surface area contributed by atoms with Gasteiger partial charge in [0.2, 0.25) is 17.6 Å². The number of amides is 1. The van der Waals surface area contributed by atoms with Crippen molar-refractivity contribution in [3.05, 3.63) is 17.7 Å². The van der Waals surface area contributed by atoms with Gasteiger partial charge in [0.1, 0.15) is 6.04 Å². The third-order valence-corrected chi connectivity index (χ3v) is 4.97. The average Bonchev–Trinajstić information content (AvgIpc) is 2.78. The zero-order valence-corrected chi connectivity index (χ0v) is 17.6. The van der Waals surface area contributed by atoms with Crippen molar-refractivity contribution in [2.24, 2.45) is 10.9 Å². The van der Waals surface area contributed by atoms with E-state index in [2.05, 4.69) is 5.32 Å². The van der Waals surface area contributed by atoms with E-state index in [1.54, 1.807) is 19.1 Å². The Morgan fingerprint density at radius 3 is 2.33 bits per heavy atom. The van der Waals surface area contributed by atoms with Crippen LogP contribution in [0.25, 0.3) is 0 Å². The zero-order chi connectivity index (χ0) is 21.7. The van der Waals surface area contributed by atoms with Crippen LogP contribution in [0.1, 0.15) is 18.5 Å². The fourth-order valence-corrected chi connectivity index (χ4v) is 3.51. The minimum atomic E-state index is -1.14. The summed E-state index contributed by atoms with van der Waals surface area (Å²) >= 11 is 0. The summed E-state index contributed by atoms with van der Waals surface area (Å²) in [4.78, 5) is 32.2. The summed E-state index contributed by atoms with van der Waals surface area (Å²) in [6.07, 6.45) is 0. The molecule has 164 valence electrons. The van der Waals surface area contributed by atoms with Gasteiger partial charge < -0.3 is 28.6 Å². The summed E-state index contributed by atoms with van der Waals surface area (Å²) in [6.45, 7) is 4.09. The first-order valence-corrected chi connectivity index (χ1v) is 9.71. The van der Waals surface area contributed by atoms with Gasteiger partial charge in [-0.1, -0.05) is 0 Å². The van der Waals surface area contributed by atoms with E-state index in [-0.39, 0.29) is 6.61 Å². The second kappa shape index (κ2) is 9.66. The van der Waals surface area contributed by atoms with Crippen molar-refractivity contribution in [3.8, 4) is 17.2 Å². The third kappa shape index (κ3) is 4.28. The van der Waals surface area contributed by atoms with Gasteiger partial charge in [0, 0.05) is 13.1 Å². The van der Waals surface area contributed by atoms with Crippen molar-refractivity contribution >= 4 is 17.8 Å². The Labute approximate surface area is 175 Å². The molecular formula is C20H27N3O7. The van der Waals surface area contributed by atoms with E-state index < -0.39 is 23.8 Å². The Kier molecular flexibility index (Phi) is 6.99. The third-order valence-electron chi connectivity index (χ3n) is 4.97. The molecule has 1 amide bonds. The highest BCUT2D eigenvalue weighted by Gasteiger charge is 2.42. The predicted molar refractivity (Wildman–Crippen MR) is 107 cm³/mol. The van der Waals surface area contributed by atoms with Crippen molar-refractivity contribution in [2.45, 2.75) is 13.0 Å². The fraction of sp³-hybridized carbons (Fsp3) is 0.550. The molecule has 0 aromatic heterocycles. The monoisotopic (exact) mass is 421 g/mol. The molecule has 10 heteroatoms. The maximum atomic E-state index is 12.9. The highest BCUT2D eigenvalue weighted by Crippen LogP contribution is 2.42. The number of rotatable bonds is 6. The smallest absolute Gasteiger partial charge is 0.321 e. The van der Waals surface area contributed by atoms with Crippen LogP contribution in [0.5, 0.6) is 17.2 Å². The van der Waals surface area contributed by atoms with Gasteiger partial charge in [0.05, 0.1) is 41.2 Å². The van der Waals surface area contributed by atoms with E-state index in [9.17, 15) is 9.59 Å². The molecule has 2 aliphatic heterocycles. The number of morpholine rings is 1. The Balaban J connectivity index is 2.09. The number of hydrogen-bond donors (Lipinski definition) is 1. The molecule has 10 nitrogen and oxygen atoms in total. The highest BCUT2D eigenvalue weighted by molar-refractivity contribution is 6.08. The number of hydrogen-bond acceptors (Lipinski definition) is 9. The van der Waals surface area contributed by atoms with E-state index >= 15 is 0 Å². The number of aliphatic imine (C=N–C) groups is 1. The average molecular weight is 421 g/mol. The normalized spacial score (nSPS) is 21.4. The van der Waals surface area contributed by atoms with E-state index in [1.807, 2.05) is 4.90 Å². The van der Waals surface area contributed by atoms with E-state index in [0.717, 1.165) is 0 Å². The number of nitrogens with one attached hydrogen (secondary N) is 1. The molecule has 0 unspecified atom stereocenters. The van der Waals surface area contributed by atoms with Crippen LogP contribution < -0.4 is 19.5 Å². The maximum absolute atomic E-state index is 12.9. The lowest BCUT2D eigenvalue weighted by Crippen LogP contribution is -2.55. The molecule has 2 heterocycles. The molecule has 1 fully saturated rings. The van der Waals surface area contributed by atoms with Crippen LogP contribution in [-0.2, 0) is 19.1 Å². The first kappa shape index (κ1) is 21.7. The first-order chi connectivity index (χ1) is 14.5. The van der Waals surface area contributed by atoms with Gasteiger partial charge in [0.25, 0.3) is 0 Å². The van der Waals surface area contributed by atoms with Crippen LogP contribution >= 0.6 is 0 Å². The molecular weight excluding hydrogens is 394 g/mol. The lowest BCUT2D eigenvalue weighted by molar-refractivity contribution is -0.153. The molecule has 1 aromatic carbocycles. The summed E-state index contributed by atoms with van der Waals surface area (Å²) in [5.74, 6) is -0.622. The van der Waals surface area contributed by atoms with E-state index in [0.29, 0.717) is 55.1 Å². The summed E-state index contributed by atoms with van der Waals surface area (Å²) in [5, 5.41) is 2.75. The van der Waals surface area contributed by atoms with Crippen LogP contribution in [-0.4, -0.2) is 77.0 Å². The summed E-state index contributed by atoms with van der Waals surface area (Å²) < 4.78 is 26.8. The van der Waals surface area contributed by atoms with Crippen LogP contribution in [0.3, 0.4) is 0 Å². The summed E-state index contributed by atoms with van der Waals surface area (Å²) in [5.41, 5.74) is 0.572. The number of methoxy groups -OCH3 is 3. The second-order valence-corrected chi connectivity index (χ2v) is 6.67. The van der Waals surface area contributed by atoms with Crippen molar-refractivity contribution in [1.29, 1.82) is 0 Å². The molecule has 30 heavy (non-hydrogen) atoms. The molecule has 3 rings (SSSR count). The van der Waals surface area contributed by atoms with Crippen LogP contribution in [0, 0.1) is 5.92 Å². The Morgan fingerprint density at radius 2 is 1.80 bits per heavy atom. The maximum Gasteiger partial charge on any atom is 0.321 e. The summed E-state index contributed by atoms with van der Waals surface area (Å²) in [6, 6.07) is 2.57. The molecule has 0 radical (unpaired) electrons. The standard InChI is InChI=1S/C20H27N3O7/c1-5-30-19(25)15-16(12-10-13(26-2)17(28-4)14(11-12)27-3)21-20(22-18(15)24)23-6-8-29-9-7-23/h10-11,15-16H,5-9H2,1-4H3,(H,21,22,24)/t15-,16-/m0/s1.